The van der Waals surface area contributed by atoms with Gasteiger partial charge in [0.25, 0.3) is 5.91 Å². The second-order valence-electron chi connectivity index (χ2n) is 5.63. The Bertz CT molecular complexity index is 616. The van der Waals surface area contributed by atoms with E-state index in [1.807, 2.05) is 19.1 Å². The van der Waals surface area contributed by atoms with Crippen LogP contribution in [-0.2, 0) is 9.53 Å². The molecular formula is C16H19N3O3. The number of morpholine rings is 1. The maximum atomic E-state index is 12.6. The summed E-state index contributed by atoms with van der Waals surface area (Å²) in [6.07, 6.45) is 1.57. The zero-order chi connectivity index (χ0) is 15.7. The van der Waals surface area contributed by atoms with Crippen molar-refractivity contribution >= 4 is 11.8 Å². The Kier molecular flexibility index (Phi) is 3.94. The number of rotatable bonds is 3. The van der Waals surface area contributed by atoms with E-state index in [9.17, 15) is 9.59 Å². The van der Waals surface area contributed by atoms with E-state index in [1.165, 1.54) is 0 Å². The van der Waals surface area contributed by atoms with E-state index >= 15 is 0 Å². The van der Waals surface area contributed by atoms with Gasteiger partial charge < -0.3 is 14.5 Å². The number of carbonyl (C=O) groups excluding carboxylic acids is 2. The number of amides is 2. The number of ether oxygens (including phenoxy) is 1. The number of nitrogens with zero attached hydrogens (tertiary/aromatic N) is 3. The van der Waals surface area contributed by atoms with Gasteiger partial charge in [-0.3, -0.25) is 9.59 Å². The third-order valence-corrected chi connectivity index (χ3v) is 4.10. The van der Waals surface area contributed by atoms with Crippen molar-refractivity contribution in [2.45, 2.75) is 19.1 Å². The Morgan fingerprint density at radius 3 is 3.05 bits per heavy atom. The van der Waals surface area contributed by atoms with Crippen LogP contribution in [0.1, 0.15) is 16.2 Å². The van der Waals surface area contributed by atoms with Gasteiger partial charge in [-0.05, 0) is 19.1 Å². The summed E-state index contributed by atoms with van der Waals surface area (Å²) in [6, 6.07) is 5.29. The molecule has 6 heteroatoms. The standard InChI is InChI=1S/C16H19N3O3/c1-3-7-19-13-8-18(9-14(13)22-10-15(19)20)16(21)12-6-4-5-11(2)17-12/h3-6,13-14H,1,7-10H2,2H3/t13-,14+/m0/s1. The Hall–Kier alpha value is -2.21. The van der Waals surface area contributed by atoms with Crippen LogP contribution in [0.2, 0.25) is 0 Å². The van der Waals surface area contributed by atoms with Gasteiger partial charge in [-0.1, -0.05) is 12.1 Å². The van der Waals surface area contributed by atoms with Crippen LogP contribution in [0, 0.1) is 6.92 Å². The zero-order valence-electron chi connectivity index (χ0n) is 12.6. The van der Waals surface area contributed by atoms with E-state index in [-0.39, 0.29) is 30.6 Å². The van der Waals surface area contributed by atoms with Crippen molar-refractivity contribution in [2.75, 3.05) is 26.2 Å². The minimum Gasteiger partial charge on any atom is -0.364 e. The van der Waals surface area contributed by atoms with Gasteiger partial charge in [0.05, 0.1) is 12.1 Å². The molecule has 2 amide bonds. The lowest BCUT2D eigenvalue weighted by atomic mass is 10.1. The number of hydrogen-bond acceptors (Lipinski definition) is 4. The van der Waals surface area contributed by atoms with Crippen molar-refractivity contribution in [3.63, 3.8) is 0 Å². The predicted octanol–water partition coefficient (Wildman–Crippen LogP) is 0.628. The van der Waals surface area contributed by atoms with E-state index < -0.39 is 0 Å². The van der Waals surface area contributed by atoms with E-state index in [4.69, 9.17) is 4.74 Å². The minimum absolute atomic E-state index is 0.0517. The molecule has 0 saturated carbocycles. The summed E-state index contributed by atoms with van der Waals surface area (Å²) in [4.78, 5) is 32.3. The first-order valence-electron chi connectivity index (χ1n) is 7.35. The highest BCUT2D eigenvalue weighted by Gasteiger charge is 2.44. The highest BCUT2D eigenvalue weighted by Crippen LogP contribution is 2.24. The number of aryl methyl sites for hydroxylation is 1. The van der Waals surface area contributed by atoms with Crippen LogP contribution in [0.25, 0.3) is 0 Å². The van der Waals surface area contributed by atoms with Gasteiger partial charge in [0, 0.05) is 25.3 Å². The van der Waals surface area contributed by atoms with Crippen molar-refractivity contribution < 1.29 is 14.3 Å². The van der Waals surface area contributed by atoms with Crippen LogP contribution in [0.5, 0.6) is 0 Å². The molecule has 116 valence electrons. The minimum atomic E-state index is -0.133. The molecule has 1 aromatic heterocycles. The Morgan fingerprint density at radius 1 is 1.50 bits per heavy atom. The van der Waals surface area contributed by atoms with Gasteiger partial charge in [0.15, 0.2) is 0 Å². The summed E-state index contributed by atoms with van der Waals surface area (Å²) in [7, 11) is 0. The molecule has 0 radical (unpaired) electrons. The molecule has 3 rings (SSSR count). The monoisotopic (exact) mass is 301 g/mol. The normalized spacial score (nSPS) is 24.3. The maximum Gasteiger partial charge on any atom is 0.272 e. The Labute approximate surface area is 129 Å². The molecule has 6 nitrogen and oxygen atoms in total. The molecule has 0 aromatic carbocycles. The van der Waals surface area contributed by atoms with E-state index in [0.29, 0.717) is 25.3 Å². The quantitative estimate of drug-likeness (QED) is 0.768. The molecule has 2 atom stereocenters. The molecule has 22 heavy (non-hydrogen) atoms. The van der Waals surface area contributed by atoms with Crippen molar-refractivity contribution in [1.29, 1.82) is 0 Å². The van der Waals surface area contributed by atoms with Gasteiger partial charge in [-0.25, -0.2) is 4.98 Å². The SMILES string of the molecule is C=CCN1C(=O)CO[C@@H]2CN(C(=O)c3cccc(C)n3)C[C@@H]21. The molecule has 0 spiro atoms. The Morgan fingerprint density at radius 2 is 2.32 bits per heavy atom. The lowest BCUT2D eigenvalue weighted by Crippen LogP contribution is -2.53. The molecule has 2 aliphatic heterocycles. The number of hydrogen-bond donors (Lipinski definition) is 0. The molecular weight excluding hydrogens is 282 g/mol. The summed E-state index contributed by atoms with van der Waals surface area (Å²) < 4.78 is 5.59. The molecule has 2 saturated heterocycles. The Balaban J connectivity index is 1.77. The van der Waals surface area contributed by atoms with Crippen LogP contribution in [0.4, 0.5) is 0 Å². The summed E-state index contributed by atoms with van der Waals surface area (Å²) in [5, 5.41) is 0. The fraction of sp³-hybridized carbons (Fsp3) is 0.438. The van der Waals surface area contributed by atoms with E-state index in [1.54, 1.807) is 21.9 Å². The van der Waals surface area contributed by atoms with E-state index in [0.717, 1.165) is 5.69 Å². The lowest BCUT2D eigenvalue weighted by molar-refractivity contribution is -0.151. The molecule has 2 fully saturated rings. The second kappa shape index (κ2) is 5.88. The summed E-state index contributed by atoms with van der Waals surface area (Å²) in [5.74, 6) is -0.170. The molecule has 0 unspecified atom stereocenters. The molecule has 2 aliphatic rings. The van der Waals surface area contributed by atoms with Crippen LogP contribution >= 0.6 is 0 Å². The smallest absolute Gasteiger partial charge is 0.272 e. The number of pyridine rings is 1. The van der Waals surface area contributed by atoms with Gasteiger partial charge in [0.1, 0.15) is 12.3 Å². The van der Waals surface area contributed by atoms with E-state index in [2.05, 4.69) is 11.6 Å². The number of likely N-dealkylation sites (tertiary alicyclic amines) is 1. The van der Waals surface area contributed by atoms with Crippen molar-refractivity contribution in [1.82, 2.24) is 14.8 Å². The largest absolute Gasteiger partial charge is 0.364 e. The number of fused-ring (bicyclic) bond motifs is 1. The molecule has 0 N–H and O–H groups in total. The average molecular weight is 301 g/mol. The summed E-state index contributed by atoms with van der Waals surface area (Å²) in [5.41, 5.74) is 1.24. The maximum absolute atomic E-state index is 12.6. The van der Waals surface area contributed by atoms with Crippen LogP contribution in [-0.4, -0.2) is 65.0 Å². The number of carbonyl (C=O) groups is 2. The third kappa shape index (κ3) is 2.62. The van der Waals surface area contributed by atoms with Crippen LogP contribution in [0.15, 0.2) is 30.9 Å². The van der Waals surface area contributed by atoms with Crippen LogP contribution < -0.4 is 0 Å². The summed E-state index contributed by atoms with van der Waals surface area (Å²) in [6.45, 7) is 7.05. The third-order valence-electron chi connectivity index (χ3n) is 4.10. The van der Waals surface area contributed by atoms with Crippen molar-refractivity contribution in [3.05, 3.63) is 42.2 Å². The van der Waals surface area contributed by atoms with Gasteiger partial charge >= 0.3 is 0 Å². The molecule has 0 aliphatic carbocycles. The lowest BCUT2D eigenvalue weighted by Gasteiger charge is -2.35. The predicted molar refractivity (Wildman–Crippen MR) is 80.3 cm³/mol. The highest BCUT2D eigenvalue weighted by atomic mass is 16.5. The van der Waals surface area contributed by atoms with Gasteiger partial charge in [-0.2, -0.15) is 0 Å². The average Bonchev–Trinajstić information content (AvgIpc) is 2.94. The fourth-order valence-corrected chi connectivity index (χ4v) is 3.03. The highest BCUT2D eigenvalue weighted by molar-refractivity contribution is 5.92. The molecule has 0 bridgehead atoms. The summed E-state index contributed by atoms with van der Waals surface area (Å²) >= 11 is 0. The first-order valence-corrected chi connectivity index (χ1v) is 7.35. The fourth-order valence-electron chi connectivity index (χ4n) is 3.03. The molecule has 1 aromatic rings. The zero-order valence-corrected chi connectivity index (χ0v) is 12.6. The van der Waals surface area contributed by atoms with Gasteiger partial charge in [0.2, 0.25) is 5.91 Å². The topological polar surface area (TPSA) is 62.7 Å². The van der Waals surface area contributed by atoms with Gasteiger partial charge in [-0.15, -0.1) is 6.58 Å². The van der Waals surface area contributed by atoms with Crippen molar-refractivity contribution in [3.8, 4) is 0 Å². The number of aromatic nitrogens is 1. The molecule has 3 heterocycles. The first kappa shape index (κ1) is 14.7. The first-order chi connectivity index (χ1) is 10.6. The van der Waals surface area contributed by atoms with Crippen LogP contribution in [0.3, 0.4) is 0 Å². The second-order valence-corrected chi connectivity index (χ2v) is 5.63. The van der Waals surface area contributed by atoms with Crippen molar-refractivity contribution in [2.24, 2.45) is 0 Å².